The number of hydrogen-bond acceptors (Lipinski definition) is 0. The minimum absolute atomic E-state index is 1.28. The van der Waals surface area contributed by atoms with Gasteiger partial charge in [-0.1, -0.05) is 42.0 Å². The van der Waals surface area contributed by atoms with Gasteiger partial charge in [-0.05, 0) is 42.7 Å². The first kappa shape index (κ1) is 12.4. The van der Waals surface area contributed by atoms with Crippen LogP contribution in [-0.2, 0) is 0 Å². The van der Waals surface area contributed by atoms with E-state index in [1.165, 1.54) is 44.8 Å². The molecule has 0 atom stereocenters. The molecule has 0 saturated heterocycles. The molecule has 0 unspecified atom stereocenters. The Hall–Kier alpha value is -2.38. The summed E-state index contributed by atoms with van der Waals surface area (Å²) in [5.41, 5.74) is 10.6. The second-order valence-electron chi connectivity index (χ2n) is 5.90. The summed E-state index contributed by atoms with van der Waals surface area (Å²) in [6.07, 6.45) is 0. The highest BCUT2D eigenvalue weighted by atomic mass is 14.9. The van der Waals surface area contributed by atoms with Gasteiger partial charge in [0.25, 0.3) is 0 Å². The van der Waals surface area contributed by atoms with Crippen molar-refractivity contribution >= 4 is 11.4 Å². The monoisotopic (exact) mass is 272 g/mol. The summed E-state index contributed by atoms with van der Waals surface area (Å²) in [7, 11) is 0. The zero-order chi connectivity index (χ0) is 14.4. The lowest BCUT2D eigenvalue weighted by atomic mass is 9.99. The third-order valence-electron chi connectivity index (χ3n) is 4.24. The molecule has 4 rings (SSSR count). The van der Waals surface area contributed by atoms with Gasteiger partial charge in [-0.2, -0.15) is 0 Å². The molecular weight excluding hydrogens is 254 g/mol. The molecule has 1 aliphatic rings. The zero-order valence-electron chi connectivity index (χ0n) is 12.4. The average molecular weight is 272 g/mol. The molecule has 0 amide bonds. The summed E-state index contributed by atoms with van der Waals surface area (Å²) in [6.45, 7) is 4.27. The first-order valence-electron chi connectivity index (χ1n) is 7.37. The number of nitrogens with two attached hydrogens (primary N) is 1. The second-order valence-corrected chi connectivity index (χ2v) is 5.90. The highest BCUT2D eigenvalue weighted by molar-refractivity contribution is 5.87. The largest absolute Gasteiger partial charge is 0.280 e. The van der Waals surface area contributed by atoms with Gasteiger partial charge in [-0.15, -0.1) is 0 Å². The Bertz CT molecular complexity index is 829. The van der Waals surface area contributed by atoms with E-state index in [0.29, 0.717) is 0 Å². The molecule has 0 fully saturated rings. The van der Waals surface area contributed by atoms with Crippen LogP contribution < -0.4 is 5.32 Å². The Morgan fingerprint density at radius 3 is 1.90 bits per heavy atom. The van der Waals surface area contributed by atoms with Crippen molar-refractivity contribution in [3.05, 3.63) is 71.8 Å². The van der Waals surface area contributed by atoms with Gasteiger partial charge in [-0.3, -0.25) is 5.32 Å². The molecule has 3 aromatic rings. The topological polar surface area (TPSA) is 16.6 Å². The van der Waals surface area contributed by atoms with E-state index >= 15 is 0 Å². The molecule has 0 aromatic heterocycles. The van der Waals surface area contributed by atoms with Crippen LogP contribution in [0.3, 0.4) is 0 Å². The normalized spacial score (nSPS) is 12.1. The van der Waals surface area contributed by atoms with Crippen molar-refractivity contribution in [2.45, 2.75) is 13.8 Å². The molecule has 0 aliphatic carbocycles. The molecule has 21 heavy (non-hydrogen) atoms. The molecule has 0 spiro atoms. The zero-order valence-corrected chi connectivity index (χ0v) is 12.4. The molecule has 0 saturated carbocycles. The molecule has 0 bridgehead atoms. The van der Waals surface area contributed by atoms with Gasteiger partial charge in [0.05, 0.1) is 0 Å². The van der Waals surface area contributed by atoms with Crippen LogP contribution in [0.2, 0.25) is 0 Å². The summed E-state index contributed by atoms with van der Waals surface area (Å²) >= 11 is 0. The van der Waals surface area contributed by atoms with E-state index in [9.17, 15) is 0 Å². The Balaban J connectivity index is 1.79. The first-order chi connectivity index (χ1) is 10.2. The van der Waals surface area contributed by atoms with Crippen LogP contribution in [0.4, 0.5) is 11.4 Å². The van der Waals surface area contributed by atoms with E-state index in [1.54, 1.807) is 0 Å². The molecule has 2 N–H and O–H groups in total. The predicted octanol–water partition coefficient (Wildman–Crippen LogP) is 4.48. The van der Waals surface area contributed by atoms with E-state index in [-0.39, 0.29) is 0 Å². The fourth-order valence-corrected chi connectivity index (χ4v) is 3.07. The summed E-state index contributed by atoms with van der Waals surface area (Å²) in [4.78, 5) is 0. The first-order valence-corrected chi connectivity index (χ1v) is 7.37. The molecule has 102 valence electrons. The summed E-state index contributed by atoms with van der Waals surface area (Å²) in [6, 6.07) is 22.2. The van der Waals surface area contributed by atoms with Crippen LogP contribution in [0.5, 0.6) is 0 Å². The van der Waals surface area contributed by atoms with Gasteiger partial charge in [-0.25, -0.2) is 0 Å². The van der Waals surface area contributed by atoms with Gasteiger partial charge in [0.15, 0.2) is 0 Å². The quantitative estimate of drug-likeness (QED) is 0.492. The highest BCUT2D eigenvalue weighted by Crippen LogP contribution is 2.38. The Morgan fingerprint density at radius 1 is 0.571 bits per heavy atom. The van der Waals surface area contributed by atoms with Gasteiger partial charge < -0.3 is 0 Å². The number of fused-ring (bicyclic) bond motifs is 3. The molecular formula is C20H18N+. The standard InChI is InChI=1S/C20H17N/c1-13-3-6-15(7-4-13)16-8-10-18-17-9-5-14(2)11-19(17)21-20(18)12-16/h3-12,21H,1-2H3/p+1. The van der Waals surface area contributed by atoms with Crippen molar-refractivity contribution in [2.75, 3.05) is 0 Å². The molecule has 0 radical (unpaired) electrons. The lowest BCUT2D eigenvalue weighted by molar-refractivity contribution is -0.473. The van der Waals surface area contributed by atoms with E-state index in [1.807, 2.05) is 0 Å². The van der Waals surface area contributed by atoms with Gasteiger partial charge in [0.2, 0.25) is 0 Å². The number of quaternary nitrogens is 1. The van der Waals surface area contributed by atoms with Crippen molar-refractivity contribution in [2.24, 2.45) is 0 Å². The molecule has 3 aromatic carbocycles. The van der Waals surface area contributed by atoms with E-state index in [4.69, 9.17) is 0 Å². The summed E-state index contributed by atoms with van der Waals surface area (Å²) < 4.78 is 0. The highest BCUT2D eigenvalue weighted by Gasteiger charge is 2.23. The molecule has 1 heterocycles. The van der Waals surface area contributed by atoms with Crippen molar-refractivity contribution < 1.29 is 5.32 Å². The fourth-order valence-electron chi connectivity index (χ4n) is 3.07. The molecule has 1 aliphatic heterocycles. The van der Waals surface area contributed by atoms with Crippen LogP contribution in [0.1, 0.15) is 11.1 Å². The van der Waals surface area contributed by atoms with Crippen molar-refractivity contribution in [1.82, 2.24) is 0 Å². The minimum atomic E-state index is 1.28. The van der Waals surface area contributed by atoms with Crippen molar-refractivity contribution in [1.29, 1.82) is 0 Å². The van der Waals surface area contributed by atoms with Crippen LogP contribution in [-0.4, -0.2) is 0 Å². The number of aryl methyl sites for hydroxylation is 2. The molecule has 1 heteroatoms. The Morgan fingerprint density at radius 2 is 1.14 bits per heavy atom. The van der Waals surface area contributed by atoms with Crippen LogP contribution in [0, 0.1) is 13.8 Å². The maximum absolute atomic E-state index is 2.30. The predicted molar refractivity (Wildman–Crippen MR) is 88.0 cm³/mol. The maximum atomic E-state index is 2.30. The van der Waals surface area contributed by atoms with E-state index in [2.05, 4.69) is 79.8 Å². The SMILES string of the molecule is Cc1ccc(-c2ccc3c(c2)[NH2+]c2cc(C)ccc2-3)cc1. The third-order valence-corrected chi connectivity index (χ3v) is 4.24. The molecule has 1 nitrogen and oxygen atoms in total. The summed E-state index contributed by atoms with van der Waals surface area (Å²) in [5, 5.41) is 2.30. The van der Waals surface area contributed by atoms with Crippen LogP contribution in [0.15, 0.2) is 60.7 Å². The van der Waals surface area contributed by atoms with Crippen molar-refractivity contribution in [3.8, 4) is 22.3 Å². The van der Waals surface area contributed by atoms with Crippen LogP contribution >= 0.6 is 0 Å². The summed E-state index contributed by atoms with van der Waals surface area (Å²) in [5.74, 6) is 0. The smallest absolute Gasteiger partial charge is 0.143 e. The van der Waals surface area contributed by atoms with Crippen LogP contribution in [0.25, 0.3) is 22.3 Å². The van der Waals surface area contributed by atoms with Gasteiger partial charge >= 0.3 is 0 Å². The number of hydrogen-bond donors (Lipinski definition) is 1. The lowest BCUT2D eigenvalue weighted by Crippen LogP contribution is -2.69. The van der Waals surface area contributed by atoms with Crippen molar-refractivity contribution in [3.63, 3.8) is 0 Å². The Kier molecular flexibility index (Phi) is 2.69. The maximum Gasteiger partial charge on any atom is 0.143 e. The van der Waals surface area contributed by atoms with E-state index < -0.39 is 0 Å². The fraction of sp³-hybridized carbons (Fsp3) is 0.100. The number of rotatable bonds is 1. The van der Waals surface area contributed by atoms with E-state index in [0.717, 1.165) is 0 Å². The third kappa shape index (κ3) is 2.07. The average Bonchev–Trinajstić information content (AvgIpc) is 2.84. The minimum Gasteiger partial charge on any atom is -0.280 e. The van der Waals surface area contributed by atoms with Gasteiger partial charge in [0, 0.05) is 23.3 Å². The van der Waals surface area contributed by atoms with Gasteiger partial charge in [0.1, 0.15) is 11.4 Å². The lowest BCUT2D eigenvalue weighted by Gasteiger charge is -2.04. The Labute approximate surface area is 125 Å². The number of benzene rings is 3. The second kappa shape index (κ2) is 4.57.